The van der Waals surface area contributed by atoms with Gasteiger partial charge in [0, 0.05) is 83.0 Å². The topological polar surface area (TPSA) is 36.7 Å². The number of benzene rings is 4. The van der Waals surface area contributed by atoms with Crippen molar-refractivity contribution >= 4 is 50.6 Å². The molecule has 55 heavy (non-hydrogen) atoms. The number of nitrogens with zero attached hydrogens (tertiary/aromatic N) is 5. The van der Waals surface area contributed by atoms with Gasteiger partial charge in [-0.1, -0.05) is 98.5 Å². The highest BCUT2D eigenvalue weighted by molar-refractivity contribution is 6.09. The van der Waals surface area contributed by atoms with Crippen LogP contribution in [0.25, 0.3) is 27.6 Å². The fourth-order valence-corrected chi connectivity index (χ4v) is 7.14. The zero-order valence-corrected chi connectivity index (χ0v) is 31.5. The van der Waals surface area contributed by atoms with Gasteiger partial charge in [0.25, 0.3) is 17.3 Å². The zero-order chi connectivity index (χ0) is 46.6. The van der Waals surface area contributed by atoms with Crippen molar-refractivity contribution < 1.29 is 21.1 Å². The molecule has 5 nitrogen and oxygen atoms in total. The van der Waals surface area contributed by atoms with Crippen LogP contribution in [0.1, 0.15) is 102 Å². The number of pyridine rings is 2. The van der Waals surface area contributed by atoms with Gasteiger partial charge in [-0.2, -0.15) is 8.78 Å². The van der Waals surface area contributed by atoms with Crippen LogP contribution in [-0.4, -0.2) is 20.5 Å². The van der Waals surface area contributed by atoms with Crippen LogP contribution in [0.4, 0.5) is 31.5 Å². The minimum Gasteiger partial charge on any atom is -0.292 e. The normalized spacial score (nSPS) is 16.8. The molecule has 0 saturated heterocycles. The minimum absolute atomic E-state index is 0.188. The van der Waals surface area contributed by atoms with E-state index in [0.29, 0.717) is 39.6 Å². The lowest BCUT2D eigenvalue weighted by molar-refractivity contribution is 0.0428. The van der Waals surface area contributed by atoms with E-state index >= 15 is 8.78 Å². The first-order chi connectivity index (χ1) is 29.7. The van der Waals surface area contributed by atoms with Crippen molar-refractivity contribution in [2.45, 2.75) is 84.3 Å². The van der Waals surface area contributed by atoms with Gasteiger partial charge >= 0.3 is 6.01 Å². The molecule has 0 aliphatic carbocycles. The van der Waals surface area contributed by atoms with Crippen molar-refractivity contribution in [3.63, 3.8) is 0 Å². The Hall–Kier alpha value is -5.78. The lowest BCUT2D eigenvalue weighted by Gasteiger charge is -2.23. The van der Waals surface area contributed by atoms with Crippen molar-refractivity contribution in [2.75, 3.05) is 0 Å². The number of hydrogen-bond donors (Lipinski definition) is 0. The Balaban J connectivity index is 1.29. The average Bonchev–Trinajstić information content (AvgIpc) is 3.75. The van der Waals surface area contributed by atoms with E-state index in [9.17, 15) is 0 Å². The third-order valence-corrected chi connectivity index (χ3v) is 10.3. The summed E-state index contributed by atoms with van der Waals surface area (Å²) in [6.07, 6.45) is 5.13. The number of halogens is 2. The lowest BCUT2D eigenvalue weighted by atomic mass is 9.84. The van der Waals surface area contributed by atoms with Crippen LogP contribution in [0.2, 0.25) is 0 Å². The summed E-state index contributed by atoms with van der Waals surface area (Å²) in [6, 6.07) is 31.1. The summed E-state index contributed by atoms with van der Waals surface area (Å²) >= 11 is 0. The fourth-order valence-electron chi connectivity index (χ4n) is 7.14. The van der Waals surface area contributed by atoms with Crippen molar-refractivity contribution in [3.8, 4) is 5.82 Å². The standard InChI is InChI=1S/C48H47F2N5/c1-45(2,3)31-14-17-36(18-15-31)53-30-54(41-13-11-10-12-40(41)53)37-25-34(47(7,8)9)24-35(26-37)48(49,50)33-16-19-38-39-21-22-51-29-43(39)55(42(38)27-33)44-28-32(20-23-52-44)46(4,5)6/h10-29H,1-9H3/q+2/i1D3,2D3,3D3. The van der Waals surface area contributed by atoms with Crippen molar-refractivity contribution in [2.24, 2.45) is 0 Å². The molecular weight excluding hydrogens is 685 g/mol. The molecule has 0 spiro atoms. The van der Waals surface area contributed by atoms with E-state index in [0.717, 1.165) is 21.9 Å². The molecule has 4 heterocycles. The summed E-state index contributed by atoms with van der Waals surface area (Å²) in [7, 11) is 0. The summed E-state index contributed by atoms with van der Waals surface area (Å²) in [5, 5.41) is 1.62. The molecule has 7 aromatic rings. The number of hydrogen-bond acceptors (Lipinski definition) is 2. The predicted octanol–water partition coefficient (Wildman–Crippen LogP) is 12.5. The zero-order valence-electron chi connectivity index (χ0n) is 40.5. The Bertz CT molecular complexity index is 3020. The number of para-hydroxylation sites is 2. The first-order valence-corrected chi connectivity index (χ1v) is 18.1. The van der Waals surface area contributed by atoms with Gasteiger partial charge < -0.3 is 0 Å². The molecule has 1 aliphatic rings. The van der Waals surface area contributed by atoms with E-state index in [4.69, 9.17) is 17.3 Å². The maximum Gasteiger partial charge on any atom is 0.503 e. The molecule has 0 saturated carbocycles. The van der Waals surface area contributed by atoms with Gasteiger partial charge in [-0.25, -0.2) is 4.98 Å². The predicted molar refractivity (Wildman–Crippen MR) is 223 cm³/mol. The molecule has 7 heteroatoms. The molecule has 0 atom stereocenters. The SMILES string of the molecule is [2H]C([2H])([2H])C(c1ccc([N+]2=C=[N+](c3cc(C(C)(C)C)cc(C(F)(F)c4ccc5c6ccncc6n(-c6cc(C(C)(C)C)ccn6)c5c4)c3)c3ccccc32)cc1)(C([2H])([2H])[2H])C([2H])([2H])[2H]. The third-order valence-electron chi connectivity index (χ3n) is 10.3. The second kappa shape index (κ2) is 12.6. The second-order valence-corrected chi connectivity index (χ2v) is 16.3. The van der Waals surface area contributed by atoms with Crippen LogP contribution in [0, 0.1) is 0 Å². The van der Waals surface area contributed by atoms with Crippen LogP contribution < -0.4 is 9.15 Å². The van der Waals surface area contributed by atoms with E-state index < -0.39 is 42.9 Å². The molecule has 0 bridgehead atoms. The molecule has 8 rings (SSSR count). The van der Waals surface area contributed by atoms with Gasteiger partial charge in [-0.15, -0.1) is 0 Å². The van der Waals surface area contributed by atoms with Gasteiger partial charge in [-0.3, -0.25) is 9.55 Å². The Morgan fingerprint density at radius 3 is 1.89 bits per heavy atom. The molecule has 4 aromatic carbocycles. The van der Waals surface area contributed by atoms with Gasteiger partial charge in [0.1, 0.15) is 5.82 Å². The smallest absolute Gasteiger partial charge is 0.292 e. The van der Waals surface area contributed by atoms with E-state index in [1.165, 1.54) is 48.5 Å². The van der Waals surface area contributed by atoms with Gasteiger partial charge in [0.2, 0.25) is 11.4 Å². The van der Waals surface area contributed by atoms with Crippen LogP contribution in [0.15, 0.2) is 122 Å². The molecule has 0 N–H and O–H groups in total. The number of aromatic nitrogens is 3. The maximum atomic E-state index is 17.5. The third kappa shape index (κ3) is 6.36. The van der Waals surface area contributed by atoms with Crippen LogP contribution in [0.3, 0.4) is 0 Å². The van der Waals surface area contributed by atoms with E-state index in [2.05, 4.69) is 31.8 Å². The molecule has 0 radical (unpaired) electrons. The monoisotopic (exact) mass is 740 g/mol. The van der Waals surface area contributed by atoms with Crippen LogP contribution in [-0.2, 0) is 22.2 Å². The summed E-state index contributed by atoms with van der Waals surface area (Å²) in [5.74, 6) is -2.91. The Morgan fingerprint density at radius 1 is 0.582 bits per heavy atom. The largest absolute Gasteiger partial charge is 0.503 e. The second-order valence-electron chi connectivity index (χ2n) is 16.3. The summed E-state index contributed by atoms with van der Waals surface area (Å²) in [5.41, 5.74) is 0.154. The van der Waals surface area contributed by atoms with Crippen molar-refractivity contribution in [3.05, 3.63) is 150 Å². The van der Waals surface area contributed by atoms with Gasteiger partial charge in [-0.05, 0) is 72.4 Å². The van der Waals surface area contributed by atoms with Gasteiger partial charge in [0.15, 0.2) is 0 Å². The molecule has 0 amide bonds. The number of fused-ring (bicyclic) bond motifs is 4. The Kier molecular flexibility index (Phi) is 6.18. The maximum absolute atomic E-state index is 17.5. The minimum atomic E-state index is -3.50. The molecular formula is C48H47F2N5+2. The average molecular weight is 741 g/mol. The Morgan fingerprint density at radius 2 is 1.22 bits per heavy atom. The summed E-state index contributed by atoms with van der Waals surface area (Å²) < 4.78 is 114. The van der Waals surface area contributed by atoms with Crippen LogP contribution >= 0.6 is 0 Å². The Labute approximate surface area is 334 Å². The fraction of sp³-hybridized carbons (Fsp3) is 0.271. The number of rotatable bonds is 5. The highest BCUT2D eigenvalue weighted by atomic mass is 19.3. The first kappa shape index (κ1) is 26.9. The highest BCUT2D eigenvalue weighted by Gasteiger charge is 2.41. The van der Waals surface area contributed by atoms with Gasteiger partial charge in [0.05, 0.1) is 17.2 Å². The lowest BCUT2D eigenvalue weighted by Crippen LogP contribution is -2.19. The summed E-state index contributed by atoms with van der Waals surface area (Å²) in [4.78, 5) is 9.07. The first-order valence-electron chi connectivity index (χ1n) is 22.6. The molecule has 0 unspecified atom stereocenters. The molecule has 3 aromatic heterocycles. The molecule has 276 valence electrons. The summed E-state index contributed by atoms with van der Waals surface area (Å²) in [6.45, 7) is 1.88. The number of alkyl halides is 2. The van der Waals surface area contributed by atoms with Crippen molar-refractivity contribution in [1.82, 2.24) is 23.7 Å². The van der Waals surface area contributed by atoms with Crippen LogP contribution in [0.5, 0.6) is 0 Å². The quantitative estimate of drug-likeness (QED) is 0.165. The van der Waals surface area contributed by atoms with Crippen molar-refractivity contribution in [1.29, 1.82) is 0 Å². The van der Waals surface area contributed by atoms with E-state index in [1.54, 1.807) is 52.0 Å². The van der Waals surface area contributed by atoms with E-state index in [-0.39, 0.29) is 16.5 Å². The highest BCUT2D eigenvalue weighted by Crippen LogP contribution is 2.44. The molecule has 1 aliphatic heterocycles. The molecule has 0 fully saturated rings. The van der Waals surface area contributed by atoms with E-state index in [1.807, 2.05) is 55.7 Å².